The van der Waals surface area contributed by atoms with Crippen molar-refractivity contribution in [2.45, 2.75) is 12.1 Å². The van der Waals surface area contributed by atoms with Crippen LogP contribution in [-0.4, -0.2) is 47.7 Å². The van der Waals surface area contributed by atoms with Gasteiger partial charge in [0.1, 0.15) is 0 Å². The first kappa shape index (κ1) is 14.7. The molecule has 8 heteroatoms. The normalized spacial score (nSPS) is 13.4. The van der Waals surface area contributed by atoms with Crippen LogP contribution in [-0.2, 0) is 0 Å². The van der Waals surface area contributed by atoms with E-state index in [1.807, 2.05) is 19.1 Å². The molecular formula is C14H16N4O3S. The lowest BCUT2D eigenvalue weighted by Crippen LogP contribution is -2.09. The van der Waals surface area contributed by atoms with E-state index in [4.69, 9.17) is 14.2 Å². The van der Waals surface area contributed by atoms with Gasteiger partial charge in [-0.1, -0.05) is 11.8 Å². The van der Waals surface area contributed by atoms with Crippen molar-refractivity contribution in [3.05, 3.63) is 12.1 Å². The highest BCUT2D eigenvalue weighted by molar-refractivity contribution is 7.99. The number of methoxy groups -OCH3 is 3. The summed E-state index contributed by atoms with van der Waals surface area (Å²) in [5, 5.41) is 13.7. The average molecular weight is 320 g/mol. The van der Waals surface area contributed by atoms with E-state index in [1.165, 1.54) is 0 Å². The Morgan fingerprint density at radius 1 is 1.05 bits per heavy atom. The molecule has 2 heterocycles. The van der Waals surface area contributed by atoms with Gasteiger partial charge in [0.15, 0.2) is 17.3 Å². The molecule has 1 aromatic heterocycles. The van der Waals surface area contributed by atoms with Crippen molar-refractivity contribution in [2.24, 2.45) is 5.10 Å². The molecule has 0 fully saturated rings. The van der Waals surface area contributed by atoms with E-state index in [9.17, 15) is 0 Å². The van der Waals surface area contributed by atoms with Crippen molar-refractivity contribution in [3.8, 4) is 28.6 Å². The lowest BCUT2D eigenvalue weighted by Gasteiger charge is -2.14. The molecule has 1 aliphatic rings. The molecule has 2 aromatic rings. The first-order valence-corrected chi connectivity index (χ1v) is 7.59. The van der Waals surface area contributed by atoms with Crippen LogP contribution in [0.3, 0.4) is 0 Å². The van der Waals surface area contributed by atoms with Crippen LogP contribution in [0.5, 0.6) is 17.2 Å². The van der Waals surface area contributed by atoms with Crippen LogP contribution in [0.4, 0.5) is 0 Å². The summed E-state index contributed by atoms with van der Waals surface area (Å²) in [7, 11) is 4.74. The molecule has 22 heavy (non-hydrogen) atoms. The van der Waals surface area contributed by atoms with Crippen molar-refractivity contribution in [3.63, 3.8) is 0 Å². The molecular weight excluding hydrogens is 304 g/mol. The zero-order valence-electron chi connectivity index (χ0n) is 12.8. The molecule has 0 spiro atoms. The second kappa shape index (κ2) is 5.88. The van der Waals surface area contributed by atoms with Crippen LogP contribution in [0.25, 0.3) is 11.4 Å². The standard InChI is InChI=1S/C14H16N4O3S/c1-8-7-22-14-16-15-13(18(14)17-8)9-5-10(19-2)12(21-4)11(6-9)20-3/h5-6H,7H2,1-4H3. The van der Waals surface area contributed by atoms with Gasteiger partial charge in [0.2, 0.25) is 10.9 Å². The summed E-state index contributed by atoms with van der Waals surface area (Å²) in [6.07, 6.45) is 0. The second-order valence-corrected chi connectivity index (χ2v) is 5.60. The second-order valence-electron chi connectivity index (χ2n) is 4.66. The predicted octanol–water partition coefficient (Wildman–Crippen LogP) is 2.30. The number of ether oxygens (including phenoxy) is 3. The quantitative estimate of drug-likeness (QED) is 0.861. The van der Waals surface area contributed by atoms with Crippen molar-refractivity contribution >= 4 is 17.5 Å². The lowest BCUT2D eigenvalue weighted by atomic mass is 10.1. The van der Waals surface area contributed by atoms with Crippen molar-refractivity contribution in [2.75, 3.05) is 27.1 Å². The third kappa shape index (κ3) is 2.39. The maximum atomic E-state index is 5.38. The highest BCUT2D eigenvalue weighted by Crippen LogP contribution is 2.41. The van der Waals surface area contributed by atoms with Crippen LogP contribution in [0.1, 0.15) is 6.92 Å². The Hall–Kier alpha value is -2.22. The minimum atomic E-state index is 0.543. The number of thioether (sulfide) groups is 1. The molecule has 0 bridgehead atoms. The summed E-state index contributed by atoms with van der Waals surface area (Å²) in [5.74, 6) is 3.15. The fourth-order valence-electron chi connectivity index (χ4n) is 2.20. The molecule has 1 aliphatic heterocycles. The molecule has 0 saturated heterocycles. The molecule has 0 amide bonds. The first-order valence-electron chi connectivity index (χ1n) is 6.61. The van der Waals surface area contributed by atoms with E-state index in [0.717, 1.165) is 22.2 Å². The van der Waals surface area contributed by atoms with Gasteiger partial charge in [0.25, 0.3) is 0 Å². The fourth-order valence-corrected chi connectivity index (χ4v) is 2.95. The summed E-state index contributed by atoms with van der Waals surface area (Å²) in [6, 6.07) is 3.67. The summed E-state index contributed by atoms with van der Waals surface area (Å²) >= 11 is 1.61. The molecule has 7 nitrogen and oxygen atoms in total. The number of nitrogens with zero attached hydrogens (tertiary/aromatic N) is 4. The number of rotatable bonds is 4. The van der Waals surface area contributed by atoms with Crippen LogP contribution in [0.2, 0.25) is 0 Å². The van der Waals surface area contributed by atoms with Gasteiger partial charge < -0.3 is 14.2 Å². The van der Waals surface area contributed by atoms with E-state index in [1.54, 1.807) is 37.8 Å². The highest BCUT2D eigenvalue weighted by Gasteiger charge is 2.21. The predicted molar refractivity (Wildman–Crippen MR) is 84.3 cm³/mol. The minimum absolute atomic E-state index is 0.543. The van der Waals surface area contributed by atoms with Gasteiger partial charge in [-0.25, -0.2) is 0 Å². The molecule has 0 radical (unpaired) electrons. The number of fused-ring (bicyclic) bond motifs is 1. The Bertz CT molecular complexity index is 717. The van der Waals surface area contributed by atoms with Crippen LogP contribution >= 0.6 is 11.8 Å². The Kier molecular flexibility index (Phi) is 3.93. The monoisotopic (exact) mass is 320 g/mol. The van der Waals surface area contributed by atoms with E-state index < -0.39 is 0 Å². The van der Waals surface area contributed by atoms with E-state index in [2.05, 4.69) is 15.3 Å². The van der Waals surface area contributed by atoms with E-state index in [-0.39, 0.29) is 0 Å². The van der Waals surface area contributed by atoms with Gasteiger partial charge in [-0.2, -0.15) is 9.78 Å². The van der Waals surface area contributed by atoms with Gasteiger partial charge in [-0.3, -0.25) is 0 Å². The topological polar surface area (TPSA) is 70.8 Å². The van der Waals surface area contributed by atoms with Gasteiger partial charge in [-0.05, 0) is 19.1 Å². The SMILES string of the molecule is COc1cc(-c2nnc3n2N=C(C)CS3)cc(OC)c1OC. The Morgan fingerprint density at radius 2 is 1.73 bits per heavy atom. The van der Waals surface area contributed by atoms with Crippen LogP contribution < -0.4 is 14.2 Å². The summed E-state index contributed by atoms with van der Waals surface area (Å²) in [5.41, 5.74) is 1.82. The zero-order chi connectivity index (χ0) is 15.7. The van der Waals surface area contributed by atoms with Crippen molar-refractivity contribution < 1.29 is 14.2 Å². The highest BCUT2D eigenvalue weighted by atomic mass is 32.2. The molecule has 1 aromatic carbocycles. The fraction of sp³-hybridized carbons (Fsp3) is 0.357. The number of hydrogen-bond donors (Lipinski definition) is 0. The Balaban J connectivity index is 2.16. The maximum absolute atomic E-state index is 5.38. The smallest absolute Gasteiger partial charge is 0.212 e. The minimum Gasteiger partial charge on any atom is -0.493 e. The molecule has 0 N–H and O–H groups in total. The maximum Gasteiger partial charge on any atom is 0.212 e. The van der Waals surface area contributed by atoms with Crippen LogP contribution in [0, 0.1) is 0 Å². The molecule has 116 valence electrons. The lowest BCUT2D eigenvalue weighted by molar-refractivity contribution is 0.324. The number of aromatic nitrogens is 3. The van der Waals surface area contributed by atoms with Crippen molar-refractivity contribution in [1.82, 2.24) is 14.9 Å². The largest absolute Gasteiger partial charge is 0.493 e. The molecule has 0 atom stereocenters. The number of benzene rings is 1. The van der Waals surface area contributed by atoms with E-state index in [0.29, 0.717) is 23.1 Å². The molecule has 0 unspecified atom stereocenters. The molecule has 0 saturated carbocycles. The first-order chi connectivity index (χ1) is 10.7. The Labute approximate surface area is 132 Å². The van der Waals surface area contributed by atoms with Gasteiger partial charge >= 0.3 is 0 Å². The summed E-state index contributed by atoms with van der Waals surface area (Å²) in [4.78, 5) is 0. The van der Waals surface area contributed by atoms with Crippen molar-refractivity contribution in [1.29, 1.82) is 0 Å². The van der Waals surface area contributed by atoms with Gasteiger partial charge in [0.05, 0.1) is 21.3 Å². The Morgan fingerprint density at radius 3 is 2.32 bits per heavy atom. The third-order valence-corrected chi connectivity index (χ3v) is 4.29. The van der Waals surface area contributed by atoms with E-state index >= 15 is 0 Å². The zero-order valence-corrected chi connectivity index (χ0v) is 13.6. The third-order valence-electron chi connectivity index (χ3n) is 3.22. The summed E-state index contributed by atoms with van der Waals surface area (Å²) in [6.45, 7) is 1.98. The van der Waals surface area contributed by atoms with Crippen LogP contribution in [0.15, 0.2) is 22.4 Å². The van der Waals surface area contributed by atoms with Gasteiger partial charge in [0, 0.05) is 17.0 Å². The average Bonchev–Trinajstić information content (AvgIpc) is 2.96. The summed E-state index contributed by atoms with van der Waals surface area (Å²) < 4.78 is 17.8. The molecule has 0 aliphatic carbocycles. The molecule has 3 rings (SSSR count). The van der Waals surface area contributed by atoms with Gasteiger partial charge in [-0.15, -0.1) is 10.2 Å². The number of hydrogen-bond acceptors (Lipinski definition) is 7.